The first-order valence-electron chi connectivity index (χ1n) is 11.2. The van der Waals surface area contributed by atoms with E-state index >= 15 is 0 Å². The minimum absolute atomic E-state index is 0.124. The number of hydrogen-bond acceptors (Lipinski definition) is 6. The van der Waals surface area contributed by atoms with Crippen molar-refractivity contribution in [2.24, 2.45) is 0 Å². The van der Waals surface area contributed by atoms with Crippen molar-refractivity contribution in [2.45, 2.75) is 56.7 Å². The number of halogens is 1. The van der Waals surface area contributed by atoms with Crippen LogP contribution in [0.25, 0.3) is 11.0 Å². The summed E-state index contributed by atoms with van der Waals surface area (Å²) >= 11 is 0. The topological polar surface area (TPSA) is 81.3 Å². The Balaban J connectivity index is 1.52. The molecule has 0 unspecified atom stereocenters. The van der Waals surface area contributed by atoms with Gasteiger partial charge in [-0.2, -0.15) is 0 Å². The van der Waals surface area contributed by atoms with Gasteiger partial charge in [0.15, 0.2) is 0 Å². The fourth-order valence-electron chi connectivity index (χ4n) is 5.03. The molecule has 1 aromatic carbocycles. The molecule has 0 radical (unpaired) electrons. The fraction of sp³-hybridized carbons (Fsp3) is 0.500. The molecule has 5 rings (SSSR count). The number of rotatable bonds is 7. The molecule has 1 saturated carbocycles. The van der Waals surface area contributed by atoms with Crippen molar-refractivity contribution >= 4 is 22.5 Å². The van der Waals surface area contributed by atoms with Crippen molar-refractivity contribution in [2.75, 3.05) is 26.1 Å². The molecule has 3 aromatic rings. The van der Waals surface area contributed by atoms with Gasteiger partial charge in [0.25, 0.3) is 0 Å². The standard InChI is InChI=1S/C24H29FN4O3/c1-30-13-24(31-2)10-9-18-17(12-24)21-22(28-18)26-14-27-23(21)29-19-8-7-15(25)11-20(19)32-16-5-3-4-6-16/h7-8,11,14,16H,3-6,9-10,12-13H2,1-2H3,(H2,26,27,28,29)/t24-/m0/s1. The first-order valence-corrected chi connectivity index (χ1v) is 11.2. The second kappa shape index (κ2) is 8.67. The maximum Gasteiger partial charge on any atom is 0.146 e. The number of hydrogen-bond donors (Lipinski definition) is 2. The van der Waals surface area contributed by atoms with Gasteiger partial charge in [-0.15, -0.1) is 0 Å². The third kappa shape index (κ3) is 3.93. The van der Waals surface area contributed by atoms with Crippen molar-refractivity contribution in [1.82, 2.24) is 15.0 Å². The first-order chi connectivity index (χ1) is 15.6. The largest absolute Gasteiger partial charge is 0.488 e. The number of aryl methyl sites for hydroxylation is 1. The third-order valence-electron chi connectivity index (χ3n) is 6.75. The van der Waals surface area contributed by atoms with E-state index in [1.807, 2.05) is 0 Å². The maximum atomic E-state index is 14.0. The molecule has 0 amide bonds. The molecule has 1 atom stereocenters. The van der Waals surface area contributed by atoms with Crippen LogP contribution in [0.15, 0.2) is 24.5 Å². The van der Waals surface area contributed by atoms with E-state index in [9.17, 15) is 4.39 Å². The summed E-state index contributed by atoms with van der Waals surface area (Å²) in [5.41, 5.74) is 3.37. The van der Waals surface area contributed by atoms with Gasteiger partial charge in [0.1, 0.15) is 29.4 Å². The van der Waals surface area contributed by atoms with Crippen molar-refractivity contribution in [1.29, 1.82) is 0 Å². The molecule has 0 spiro atoms. The average Bonchev–Trinajstić information content (AvgIpc) is 3.43. The average molecular weight is 441 g/mol. The summed E-state index contributed by atoms with van der Waals surface area (Å²) in [4.78, 5) is 12.4. The number of benzene rings is 1. The number of ether oxygens (including phenoxy) is 3. The van der Waals surface area contributed by atoms with Crippen LogP contribution in [0.3, 0.4) is 0 Å². The summed E-state index contributed by atoms with van der Waals surface area (Å²) < 4.78 is 31.5. The number of aromatic amines is 1. The van der Waals surface area contributed by atoms with Crippen molar-refractivity contribution in [3.05, 3.63) is 41.6 Å². The number of fused-ring (bicyclic) bond motifs is 3. The molecule has 2 N–H and O–H groups in total. The Hall–Kier alpha value is -2.71. The highest BCUT2D eigenvalue weighted by atomic mass is 19.1. The highest BCUT2D eigenvalue weighted by molar-refractivity contribution is 5.93. The number of nitrogens with one attached hydrogen (secondary N) is 2. The molecule has 2 aliphatic carbocycles. The number of methoxy groups -OCH3 is 2. The van der Waals surface area contributed by atoms with Crippen LogP contribution in [-0.4, -0.2) is 47.5 Å². The highest BCUT2D eigenvalue weighted by Gasteiger charge is 2.37. The Morgan fingerprint density at radius 2 is 2.06 bits per heavy atom. The summed E-state index contributed by atoms with van der Waals surface area (Å²) in [5, 5.41) is 4.32. The second-order valence-corrected chi connectivity index (χ2v) is 8.81. The Morgan fingerprint density at radius 3 is 2.84 bits per heavy atom. The van der Waals surface area contributed by atoms with Gasteiger partial charge in [-0.3, -0.25) is 0 Å². The summed E-state index contributed by atoms with van der Waals surface area (Å²) in [7, 11) is 3.43. The predicted molar refractivity (Wildman–Crippen MR) is 120 cm³/mol. The van der Waals surface area contributed by atoms with Crippen LogP contribution in [-0.2, 0) is 22.3 Å². The molecular weight excluding hydrogens is 411 g/mol. The van der Waals surface area contributed by atoms with E-state index in [1.165, 1.54) is 18.5 Å². The lowest BCUT2D eigenvalue weighted by atomic mass is 9.83. The first kappa shape index (κ1) is 21.2. The lowest BCUT2D eigenvalue weighted by molar-refractivity contribution is -0.0721. The van der Waals surface area contributed by atoms with Gasteiger partial charge in [-0.25, -0.2) is 14.4 Å². The van der Waals surface area contributed by atoms with Crippen LogP contribution in [0.1, 0.15) is 43.4 Å². The van der Waals surface area contributed by atoms with Gasteiger partial charge in [0, 0.05) is 32.4 Å². The van der Waals surface area contributed by atoms with Crippen molar-refractivity contribution in [3.8, 4) is 5.75 Å². The van der Waals surface area contributed by atoms with E-state index in [-0.39, 0.29) is 17.5 Å². The lowest BCUT2D eigenvalue weighted by Crippen LogP contribution is -2.42. The van der Waals surface area contributed by atoms with E-state index in [4.69, 9.17) is 14.2 Å². The Morgan fingerprint density at radius 1 is 1.22 bits per heavy atom. The summed E-state index contributed by atoms with van der Waals surface area (Å²) in [6.45, 7) is 0.517. The molecule has 0 saturated heterocycles. The Bertz CT molecular complexity index is 1110. The van der Waals surface area contributed by atoms with Gasteiger partial charge in [0.05, 0.1) is 29.4 Å². The lowest BCUT2D eigenvalue weighted by Gasteiger charge is -2.35. The Labute approximate surface area is 186 Å². The number of aromatic nitrogens is 3. The van der Waals surface area contributed by atoms with Gasteiger partial charge >= 0.3 is 0 Å². The third-order valence-corrected chi connectivity index (χ3v) is 6.75. The molecule has 2 aliphatic rings. The molecule has 32 heavy (non-hydrogen) atoms. The number of anilines is 2. The molecule has 2 heterocycles. The molecular formula is C24H29FN4O3. The van der Waals surface area contributed by atoms with Crippen LogP contribution in [0, 0.1) is 5.82 Å². The van der Waals surface area contributed by atoms with Gasteiger partial charge in [0.2, 0.25) is 0 Å². The summed E-state index contributed by atoms with van der Waals surface area (Å²) in [6.07, 6.45) is 8.35. The number of H-pyrrole nitrogens is 1. The smallest absolute Gasteiger partial charge is 0.146 e. The second-order valence-electron chi connectivity index (χ2n) is 8.81. The highest BCUT2D eigenvalue weighted by Crippen LogP contribution is 2.39. The van der Waals surface area contributed by atoms with Gasteiger partial charge < -0.3 is 24.5 Å². The molecule has 8 heteroatoms. The quantitative estimate of drug-likeness (QED) is 0.555. The van der Waals surface area contributed by atoms with Crippen molar-refractivity contribution in [3.63, 3.8) is 0 Å². The van der Waals surface area contributed by atoms with E-state index < -0.39 is 0 Å². The van der Waals surface area contributed by atoms with E-state index in [0.29, 0.717) is 30.3 Å². The van der Waals surface area contributed by atoms with Crippen LogP contribution < -0.4 is 10.1 Å². The molecule has 0 bridgehead atoms. The minimum Gasteiger partial charge on any atom is -0.488 e. The SMILES string of the molecule is COC[C@]1(OC)CCc2[nH]c3ncnc(Nc4ccc(F)cc4OC4CCCC4)c3c2C1. The zero-order chi connectivity index (χ0) is 22.1. The van der Waals surface area contributed by atoms with Crippen LogP contribution in [0.4, 0.5) is 15.9 Å². The zero-order valence-electron chi connectivity index (χ0n) is 18.5. The van der Waals surface area contributed by atoms with E-state index in [1.54, 1.807) is 20.3 Å². The van der Waals surface area contributed by atoms with Crippen molar-refractivity contribution < 1.29 is 18.6 Å². The Kier molecular flexibility index (Phi) is 5.73. The summed E-state index contributed by atoms with van der Waals surface area (Å²) in [6, 6.07) is 4.58. The maximum absolute atomic E-state index is 14.0. The fourth-order valence-corrected chi connectivity index (χ4v) is 5.03. The van der Waals surface area contributed by atoms with Gasteiger partial charge in [-0.05, 0) is 56.2 Å². The zero-order valence-corrected chi connectivity index (χ0v) is 18.5. The van der Waals surface area contributed by atoms with E-state index in [0.717, 1.165) is 60.8 Å². The van der Waals surface area contributed by atoms with Crippen LogP contribution in [0.2, 0.25) is 0 Å². The van der Waals surface area contributed by atoms with Crippen LogP contribution >= 0.6 is 0 Å². The molecule has 1 fully saturated rings. The van der Waals surface area contributed by atoms with Crippen LogP contribution in [0.5, 0.6) is 5.75 Å². The van der Waals surface area contributed by atoms with E-state index in [2.05, 4.69) is 20.3 Å². The molecule has 170 valence electrons. The minimum atomic E-state index is -0.378. The molecule has 0 aliphatic heterocycles. The monoisotopic (exact) mass is 440 g/mol. The number of nitrogens with zero attached hydrogens (tertiary/aromatic N) is 2. The normalized spacial score (nSPS) is 21.1. The molecule has 2 aromatic heterocycles. The molecule has 7 nitrogen and oxygen atoms in total. The predicted octanol–water partition coefficient (Wildman–Crippen LogP) is 4.68. The summed E-state index contributed by atoms with van der Waals surface area (Å²) in [5.74, 6) is 0.859. The van der Waals surface area contributed by atoms with Gasteiger partial charge in [-0.1, -0.05) is 0 Å².